The summed E-state index contributed by atoms with van der Waals surface area (Å²) >= 11 is 0. The van der Waals surface area contributed by atoms with Gasteiger partial charge in [0.1, 0.15) is 5.75 Å². The zero-order chi connectivity index (χ0) is 13.2. The van der Waals surface area contributed by atoms with E-state index in [9.17, 15) is 9.59 Å². The van der Waals surface area contributed by atoms with Crippen molar-refractivity contribution in [3.8, 4) is 5.75 Å². The predicted molar refractivity (Wildman–Crippen MR) is 69.8 cm³/mol. The summed E-state index contributed by atoms with van der Waals surface area (Å²) in [7, 11) is 0. The van der Waals surface area contributed by atoms with Gasteiger partial charge in [0, 0.05) is 12.5 Å². The second kappa shape index (κ2) is 4.91. The van der Waals surface area contributed by atoms with E-state index in [0.29, 0.717) is 18.0 Å². The SMILES string of the molecule is O=C1COc2ccc(CNC(=O)C3CCC3)cc2N1. The van der Waals surface area contributed by atoms with Crippen LogP contribution in [0.4, 0.5) is 5.69 Å². The van der Waals surface area contributed by atoms with Crippen molar-refractivity contribution >= 4 is 17.5 Å². The molecule has 5 heteroatoms. The molecule has 1 heterocycles. The van der Waals surface area contributed by atoms with Crippen LogP contribution in [0.2, 0.25) is 0 Å². The lowest BCUT2D eigenvalue weighted by Crippen LogP contribution is -2.34. The highest BCUT2D eigenvalue weighted by Gasteiger charge is 2.24. The molecule has 0 unspecified atom stereocenters. The number of carbonyl (C=O) groups excluding carboxylic acids is 2. The molecule has 2 amide bonds. The first-order valence-corrected chi connectivity index (χ1v) is 6.55. The van der Waals surface area contributed by atoms with Crippen LogP contribution >= 0.6 is 0 Å². The normalized spacial score (nSPS) is 17.8. The molecule has 0 atom stereocenters. The second-order valence-corrected chi connectivity index (χ2v) is 5.01. The van der Waals surface area contributed by atoms with Gasteiger partial charge >= 0.3 is 0 Å². The molecule has 1 aromatic rings. The largest absolute Gasteiger partial charge is 0.482 e. The van der Waals surface area contributed by atoms with E-state index in [1.54, 1.807) is 0 Å². The lowest BCUT2D eigenvalue weighted by atomic mass is 9.85. The van der Waals surface area contributed by atoms with Crippen molar-refractivity contribution in [2.24, 2.45) is 5.92 Å². The van der Waals surface area contributed by atoms with Crippen LogP contribution in [0.3, 0.4) is 0 Å². The lowest BCUT2D eigenvalue weighted by Gasteiger charge is -2.24. The highest BCUT2D eigenvalue weighted by Crippen LogP contribution is 2.29. The average molecular weight is 260 g/mol. The molecule has 19 heavy (non-hydrogen) atoms. The number of nitrogens with one attached hydrogen (secondary N) is 2. The summed E-state index contributed by atoms with van der Waals surface area (Å²) in [4.78, 5) is 23.0. The van der Waals surface area contributed by atoms with Crippen molar-refractivity contribution in [2.45, 2.75) is 25.8 Å². The quantitative estimate of drug-likeness (QED) is 0.864. The number of hydrogen-bond donors (Lipinski definition) is 2. The smallest absolute Gasteiger partial charge is 0.262 e. The Morgan fingerprint density at radius 1 is 1.42 bits per heavy atom. The number of carbonyl (C=O) groups is 2. The van der Waals surface area contributed by atoms with Crippen LogP contribution in [0.15, 0.2) is 18.2 Å². The average Bonchev–Trinajstić information content (AvgIpc) is 2.33. The summed E-state index contributed by atoms with van der Waals surface area (Å²) in [6.07, 6.45) is 3.15. The van der Waals surface area contributed by atoms with Crippen LogP contribution in [0.1, 0.15) is 24.8 Å². The molecule has 2 N–H and O–H groups in total. The van der Waals surface area contributed by atoms with E-state index in [-0.39, 0.29) is 24.3 Å². The fourth-order valence-corrected chi connectivity index (χ4v) is 2.24. The van der Waals surface area contributed by atoms with E-state index in [2.05, 4.69) is 10.6 Å². The molecule has 5 nitrogen and oxygen atoms in total. The molecule has 0 radical (unpaired) electrons. The molecule has 100 valence electrons. The third-order valence-corrected chi connectivity index (χ3v) is 3.62. The molecule has 1 fully saturated rings. The molecule has 0 spiro atoms. The number of ether oxygens (including phenoxy) is 1. The number of hydrogen-bond acceptors (Lipinski definition) is 3. The minimum atomic E-state index is -0.150. The van der Waals surface area contributed by atoms with E-state index in [1.807, 2.05) is 18.2 Å². The van der Waals surface area contributed by atoms with E-state index in [4.69, 9.17) is 4.74 Å². The van der Waals surface area contributed by atoms with Crippen molar-refractivity contribution in [1.82, 2.24) is 5.32 Å². The van der Waals surface area contributed by atoms with Gasteiger partial charge in [-0.05, 0) is 30.5 Å². The Morgan fingerprint density at radius 3 is 3.00 bits per heavy atom. The fraction of sp³-hybridized carbons (Fsp3) is 0.429. The molecule has 1 saturated carbocycles. The third kappa shape index (κ3) is 2.54. The lowest BCUT2D eigenvalue weighted by molar-refractivity contribution is -0.127. The maximum absolute atomic E-state index is 11.7. The molecule has 0 aromatic heterocycles. The maximum Gasteiger partial charge on any atom is 0.262 e. The van der Waals surface area contributed by atoms with Crippen LogP contribution in [-0.2, 0) is 16.1 Å². The molecule has 0 saturated heterocycles. The Hall–Kier alpha value is -2.04. The molecular weight excluding hydrogens is 244 g/mol. The van der Waals surface area contributed by atoms with Crippen molar-refractivity contribution in [3.63, 3.8) is 0 Å². The Labute approximate surface area is 111 Å². The van der Waals surface area contributed by atoms with Gasteiger partial charge in [0.2, 0.25) is 5.91 Å². The molecule has 2 aliphatic rings. The highest BCUT2D eigenvalue weighted by atomic mass is 16.5. The molecule has 0 bridgehead atoms. The van der Waals surface area contributed by atoms with Crippen molar-refractivity contribution < 1.29 is 14.3 Å². The van der Waals surface area contributed by atoms with Crippen molar-refractivity contribution in [2.75, 3.05) is 11.9 Å². The molecule has 3 rings (SSSR count). The summed E-state index contributed by atoms with van der Waals surface area (Å²) < 4.78 is 5.28. The summed E-state index contributed by atoms with van der Waals surface area (Å²) in [5, 5.41) is 5.68. The summed E-state index contributed by atoms with van der Waals surface area (Å²) in [5.74, 6) is 0.849. The highest BCUT2D eigenvalue weighted by molar-refractivity contribution is 5.95. The topological polar surface area (TPSA) is 67.4 Å². The Morgan fingerprint density at radius 2 is 2.26 bits per heavy atom. The number of anilines is 1. The van der Waals surface area contributed by atoms with Crippen LogP contribution < -0.4 is 15.4 Å². The Kier molecular flexibility index (Phi) is 3.11. The number of amides is 2. The third-order valence-electron chi connectivity index (χ3n) is 3.62. The van der Waals surface area contributed by atoms with Gasteiger partial charge in [-0.15, -0.1) is 0 Å². The number of benzene rings is 1. The zero-order valence-electron chi connectivity index (χ0n) is 10.6. The van der Waals surface area contributed by atoms with Crippen molar-refractivity contribution in [3.05, 3.63) is 23.8 Å². The van der Waals surface area contributed by atoms with Crippen molar-refractivity contribution in [1.29, 1.82) is 0 Å². The first-order valence-electron chi connectivity index (χ1n) is 6.55. The maximum atomic E-state index is 11.7. The number of rotatable bonds is 3. The van der Waals surface area contributed by atoms with Gasteiger partial charge in [-0.3, -0.25) is 9.59 Å². The van der Waals surface area contributed by atoms with Gasteiger partial charge in [-0.25, -0.2) is 0 Å². The molecule has 1 aliphatic heterocycles. The van der Waals surface area contributed by atoms with E-state index < -0.39 is 0 Å². The van der Waals surface area contributed by atoms with Gasteiger partial charge in [-0.2, -0.15) is 0 Å². The fourth-order valence-electron chi connectivity index (χ4n) is 2.24. The van der Waals surface area contributed by atoms with Crippen LogP contribution in [0.5, 0.6) is 5.75 Å². The van der Waals surface area contributed by atoms with E-state index in [1.165, 1.54) is 0 Å². The standard InChI is InChI=1S/C14H16N2O3/c17-13-8-19-12-5-4-9(6-11(12)16-13)7-15-14(18)10-2-1-3-10/h4-6,10H,1-3,7-8H2,(H,15,18)(H,16,17). The summed E-state index contributed by atoms with van der Waals surface area (Å²) in [5.41, 5.74) is 1.63. The monoisotopic (exact) mass is 260 g/mol. The van der Waals surface area contributed by atoms with E-state index >= 15 is 0 Å². The van der Waals surface area contributed by atoms with Gasteiger partial charge in [-0.1, -0.05) is 12.5 Å². The molecular formula is C14H16N2O3. The van der Waals surface area contributed by atoms with Crippen LogP contribution in [0, 0.1) is 5.92 Å². The zero-order valence-corrected chi connectivity index (χ0v) is 10.6. The summed E-state index contributed by atoms with van der Waals surface area (Å²) in [6, 6.07) is 5.56. The minimum Gasteiger partial charge on any atom is -0.482 e. The second-order valence-electron chi connectivity index (χ2n) is 5.01. The van der Waals surface area contributed by atoms with Gasteiger partial charge in [0.15, 0.2) is 6.61 Å². The predicted octanol–water partition coefficient (Wildman–Crippen LogP) is 1.43. The Balaban J connectivity index is 1.63. The number of fused-ring (bicyclic) bond motifs is 1. The van der Waals surface area contributed by atoms with Gasteiger partial charge in [0.25, 0.3) is 5.91 Å². The first kappa shape index (κ1) is 12.0. The van der Waals surface area contributed by atoms with Gasteiger partial charge in [0.05, 0.1) is 5.69 Å². The van der Waals surface area contributed by atoms with Gasteiger partial charge < -0.3 is 15.4 Å². The van der Waals surface area contributed by atoms with E-state index in [0.717, 1.165) is 24.8 Å². The molecule has 1 aromatic carbocycles. The van der Waals surface area contributed by atoms with Crippen LogP contribution in [0.25, 0.3) is 0 Å². The minimum absolute atomic E-state index is 0.0603. The Bertz CT molecular complexity index is 523. The molecule has 1 aliphatic carbocycles. The summed E-state index contributed by atoms with van der Waals surface area (Å²) in [6.45, 7) is 0.545. The first-order chi connectivity index (χ1) is 9.22. The van der Waals surface area contributed by atoms with Crippen LogP contribution in [-0.4, -0.2) is 18.4 Å².